The number of carbonyl (C=O) groups excluding carboxylic acids is 1. The number of morpholine rings is 1. The van der Waals surface area contributed by atoms with Crippen molar-refractivity contribution < 1.29 is 9.53 Å². The minimum atomic E-state index is -0.0636. The van der Waals surface area contributed by atoms with Gasteiger partial charge in [-0.05, 0) is 45.1 Å². The van der Waals surface area contributed by atoms with Gasteiger partial charge in [0, 0.05) is 31.4 Å². The smallest absolute Gasteiger partial charge is 0.272 e. The molecule has 4 rings (SSSR count). The van der Waals surface area contributed by atoms with E-state index in [0.29, 0.717) is 31.4 Å². The van der Waals surface area contributed by atoms with Crippen molar-refractivity contribution in [2.45, 2.75) is 24.8 Å². The number of amides is 1. The molecule has 0 bridgehead atoms. The first kappa shape index (κ1) is 17.3. The van der Waals surface area contributed by atoms with Gasteiger partial charge in [0.25, 0.3) is 5.91 Å². The van der Waals surface area contributed by atoms with Crippen LogP contribution in [0.4, 0.5) is 0 Å². The van der Waals surface area contributed by atoms with Crippen LogP contribution in [0.15, 0.2) is 24.5 Å². The molecule has 2 aliphatic rings. The van der Waals surface area contributed by atoms with Crippen LogP contribution >= 0.6 is 0 Å². The molecular weight excluding hydrogens is 330 g/mol. The van der Waals surface area contributed by atoms with Crippen molar-refractivity contribution in [1.29, 1.82) is 0 Å². The Morgan fingerprint density at radius 1 is 1.27 bits per heavy atom. The second kappa shape index (κ2) is 7.25. The zero-order valence-electron chi connectivity index (χ0n) is 15.5. The van der Waals surface area contributed by atoms with Gasteiger partial charge in [-0.25, -0.2) is 4.98 Å². The van der Waals surface area contributed by atoms with Gasteiger partial charge in [0.15, 0.2) is 0 Å². The molecular formula is C19H27N5O2. The number of aromatic nitrogens is 3. The third-order valence-electron chi connectivity index (χ3n) is 5.65. The molecule has 2 saturated heterocycles. The predicted molar refractivity (Wildman–Crippen MR) is 98.1 cm³/mol. The van der Waals surface area contributed by atoms with E-state index in [0.717, 1.165) is 37.4 Å². The number of aromatic amines is 1. The maximum atomic E-state index is 13.1. The molecule has 0 radical (unpaired) electrons. The highest BCUT2D eigenvalue weighted by molar-refractivity contribution is 5.92. The predicted octanol–water partition coefficient (Wildman–Crippen LogP) is 1.77. The molecule has 2 aromatic heterocycles. The van der Waals surface area contributed by atoms with Crippen LogP contribution in [0.3, 0.4) is 0 Å². The van der Waals surface area contributed by atoms with Crippen LogP contribution < -0.4 is 0 Å². The van der Waals surface area contributed by atoms with Gasteiger partial charge < -0.3 is 24.1 Å². The summed E-state index contributed by atoms with van der Waals surface area (Å²) in [5.74, 6) is 1.37. The number of H-pyrrole nitrogens is 1. The van der Waals surface area contributed by atoms with Crippen LogP contribution in [-0.4, -0.2) is 70.1 Å². The van der Waals surface area contributed by atoms with Crippen molar-refractivity contribution in [2.24, 2.45) is 7.05 Å². The van der Waals surface area contributed by atoms with E-state index < -0.39 is 0 Å². The molecule has 0 saturated carbocycles. The SMILES string of the molecule is CN1CCC(c2ncc(C(=O)N3CCOCC3c3cccn3C)[nH]2)CC1. The number of rotatable bonds is 3. The van der Waals surface area contributed by atoms with E-state index in [4.69, 9.17) is 4.74 Å². The monoisotopic (exact) mass is 357 g/mol. The summed E-state index contributed by atoms with van der Waals surface area (Å²) >= 11 is 0. The lowest BCUT2D eigenvalue weighted by Crippen LogP contribution is -2.44. The first-order valence-corrected chi connectivity index (χ1v) is 9.37. The highest BCUT2D eigenvalue weighted by Gasteiger charge is 2.32. The lowest BCUT2D eigenvalue weighted by Gasteiger charge is -2.35. The topological polar surface area (TPSA) is 66.4 Å². The fourth-order valence-electron chi connectivity index (χ4n) is 4.00. The van der Waals surface area contributed by atoms with E-state index in [1.807, 2.05) is 24.2 Å². The van der Waals surface area contributed by atoms with Crippen LogP contribution in [0.1, 0.15) is 46.8 Å². The average molecular weight is 357 g/mol. The number of nitrogens with zero attached hydrogens (tertiary/aromatic N) is 4. The number of hydrogen-bond donors (Lipinski definition) is 1. The van der Waals surface area contributed by atoms with Crippen LogP contribution in [0.2, 0.25) is 0 Å². The zero-order chi connectivity index (χ0) is 18.1. The second-order valence-electron chi connectivity index (χ2n) is 7.39. The highest BCUT2D eigenvalue weighted by Crippen LogP contribution is 2.28. The van der Waals surface area contributed by atoms with Gasteiger partial charge in [-0.3, -0.25) is 4.79 Å². The van der Waals surface area contributed by atoms with Crippen LogP contribution in [0.25, 0.3) is 0 Å². The molecule has 140 valence electrons. The van der Waals surface area contributed by atoms with E-state index in [1.165, 1.54) is 0 Å². The Kier molecular flexibility index (Phi) is 4.82. The normalized spacial score (nSPS) is 22.7. The molecule has 0 spiro atoms. The van der Waals surface area contributed by atoms with Crippen molar-refractivity contribution in [3.05, 3.63) is 41.7 Å². The summed E-state index contributed by atoms with van der Waals surface area (Å²) in [4.78, 5) is 25.2. The molecule has 2 aliphatic heterocycles. The molecule has 26 heavy (non-hydrogen) atoms. The van der Waals surface area contributed by atoms with Crippen LogP contribution in [-0.2, 0) is 11.8 Å². The Labute approximate surface area is 153 Å². The maximum absolute atomic E-state index is 13.1. The highest BCUT2D eigenvalue weighted by atomic mass is 16.5. The number of imidazole rings is 1. The minimum absolute atomic E-state index is 0.00572. The van der Waals surface area contributed by atoms with E-state index in [2.05, 4.69) is 32.5 Å². The van der Waals surface area contributed by atoms with Crippen molar-refractivity contribution in [1.82, 2.24) is 24.3 Å². The number of ether oxygens (including phenoxy) is 1. The van der Waals surface area contributed by atoms with Gasteiger partial charge in [0.05, 0.1) is 25.5 Å². The lowest BCUT2D eigenvalue weighted by atomic mass is 9.97. The number of nitrogens with one attached hydrogen (secondary N) is 1. The van der Waals surface area contributed by atoms with E-state index in [9.17, 15) is 4.79 Å². The largest absolute Gasteiger partial charge is 0.377 e. The lowest BCUT2D eigenvalue weighted by molar-refractivity contribution is -0.00492. The van der Waals surface area contributed by atoms with Crippen molar-refractivity contribution in [2.75, 3.05) is 39.9 Å². The Hall–Kier alpha value is -2.12. The molecule has 2 fully saturated rings. The minimum Gasteiger partial charge on any atom is -0.377 e. The first-order chi connectivity index (χ1) is 12.6. The fraction of sp³-hybridized carbons (Fsp3) is 0.579. The number of carbonyl (C=O) groups is 1. The zero-order valence-corrected chi connectivity index (χ0v) is 15.5. The van der Waals surface area contributed by atoms with Gasteiger partial charge in [-0.2, -0.15) is 0 Å². The number of hydrogen-bond acceptors (Lipinski definition) is 4. The Bertz CT molecular complexity index is 760. The molecule has 0 aliphatic carbocycles. The fourth-order valence-corrected chi connectivity index (χ4v) is 4.00. The Morgan fingerprint density at radius 2 is 2.08 bits per heavy atom. The summed E-state index contributed by atoms with van der Waals surface area (Å²) in [6, 6.07) is 3.99. The van der Waals surface area contributed by atoms with Crippen LogP contribution in [0, 0.1) is 0 Å². The summed E-state index contributed by atoms with van der Waals surface area (Å²) in [7, 11) is 4.15. The van der Waals surface area contributed by atoms with E-state index in [1.54, 1.807) is 6.20 Å². The second-order valence-corrected chi connectivity index (χ2v) is 7.39. The molecule has 4 heterocycles. The van der Waals surface area contributed by atoms with Gasteiger partial charge in [-0.1, -0.05) is 0 Å². The molecule has 0 aromatic carbocycles. The average Bonchev–Trinajstić information content (AvgIpc) is 3.31. The van der Waals surface area contributed by atoms with Gasteiger partial charge in [0.2, 0.25) is 0 Å². The molecule has 1 N–H and O–H groups in total. The van der Waals surface area contributed by atoms with Gasteiger partial charge >= 0.3 is 0 Å². The summed E-state index contributed by atoms with van der Waals surface area (Å²) < 4.78 is 7.70. The Balaban J connectivity index is 1.52. The summed E-state index contributed by atoms with van der Waals surface area (Å²) in [5, 5.41) is 0. The summed E-state index contributed by atoms with van der Waals surface area (Å²) in [5.41, 5.74) is 1.67. The molecule has 7 nitrogen and oxygen atoms in total. The quantitative estimate of drug-likeness (QED) is 0.909. The van der Waals surface area contributed by atoms with E-state index >= 15 is 0 Å². The molecule has 7 heteroatoms. The van der Waals surface area contributed by atoms with Gasteiger partial charge in [-0.15, -0.1) is 0 Å². The maximum Gasteiger partial charge on any atom is 0.272 e. The number of piperidine rings is 1. The third kappa shape index (κ3) is 3.29. The van der Waals surface area contributed by atoms with Gasteiger partial charge in [0.1, 0.15) is 11.5 Å². The molecule has 1 unspecified atom stereocenters. The number of aryl methyl sites for hydroxylation is 1. The molecule has 1 amide bonds. The number of likely N-dealkylation sites (tertiary alicyclic amines) is 1. The Morgan fingerprint density at radius 3 is 2.81 bits per heavy atom. The van der Waals surface area contributed by atoms with Crippen LogP contribution in [0.5, 0.6) is 0 Å². The first-order valence-electron chi connectivity index (χ1n) is 9.37. The molecule has 1 atom stereocenters. The standard InChI is InChI=1S/C19H27N5O2/c1-22-8-5-14(6-9-22)18-20-12-15(21-18)19(25)24-10-11-26-13-17(24)16-4-3-7-23(16)2/h3-4,7,12,14,17H,5-6,8-11,13H2,1-2H3,(H,20,21). The molecule has 2 aromatic rings. The van der Waals surface area contributed by atoms with Crippen molar-refractivity contribution in [3.8, 4) is 0 Å². The van der Waals surface area contributed by atoms with Crippen molar-refractivity contribution >= 4 is 5.91 Å². The van der Waals surface area contributed by atoms with E-state index in [-0.39, 0.29) is 11.9 Å². The summed E-state index contributed by atoms with van der Waals surface area (Å²) in [6.07, 6.45) is 5.87. The van der Waals surface area contributed by atoms with Crippen molar-refractivity contribution in [3.63, 3.8) is 0 Å². The third-order valence-corrected chi connectivity index (χ3v) is 5.65. The summed E-state index contributed by atoms with van der Waals surface area (Å²) in [6.45, 7) is 3.85.